The largest absolute Gasteiger partial charge is 0.394 e. The Hall–Kier alpha value is -1.37. The summed E-state index contributed by atoms with van der Waals surface area (Å²) < 4.78 is 18.5. The maximum atomic E-state index is 13.3. The summed E-state index contributed by atoms with van der Waals surface area (Å²) in [6.45, 7) is 2.51. The summed E-state index contributed by atoms with van der Waals surface area (Å²) in [7, 11) is 0. The summed E-state index contributed by atoms with van der Waals surface area (Å²) in [5.74, 6) is -0.424. The van der Waals surface area contributed by atoms with E-state index in [9.17, 15) is 14.3 Å². The van der Waals surface area contributed by atoms with Crippen LogP contribution >= 0.6 is 11.6 Å². The molecule has 20 heavy (non-hydrogen) atoms. The number of ether oxygens (including phenoxy) is 1. The fourth-order valence-corrected chi connectivity index (χ4v) is 2.21. The molecule has 0 saturated carbocycles. The Morgan fingerprint density at radius 3 is 3.10 bits per heavy atom. The van der Waals surface area contributed by atoms with Crippen molar-refractivity contribution in [1.82, 2.24) is 4.90 Å². The lowest BCUT2D eigenvalue weighted by Crippen LogP contribution is -2.52. The molecule has 0 spiro atoms. The van der Waals surface area contributed by atoms with E-state index in [-0.39, 0.29) is 23.7 Å². The number of hydrogen-bond acceptors (Lipinski definition) is 3. The highest BCUT2D eigenvalue weighted by atomic mass is 35.5. The number of aliphatic hydroxyl groups is 1. The Morgan fingerprint density at radius 2 is 2.40 bits per heavy atom. The third kappa shape index (κ3) is 3.20. The lowest BCUT2D eigenvalue weighted by Gasteiger charge is -2.34. The molecule has 1 atom stereocenters. The maximum absolute atomic E-state index is 13.3. The molecule has 1 heterocycles. The summed E-state index contributed by atoms with van der Waals surface area (Å²) in [6, 6.07) is 1.86. The van der Waals surface area contributed by atoms with Crippen LogP contribution < -0.4 is 5.32 Å². The number of aliphatic hydroxyl groups excluding tert-OH is 1. The molecule has 0 bridgehead atoms. The van der Waals surface area contributed by atoms with E-state index in [0.717, 1.165) is 6.07 Å². The smallest absolute Gasteiger partial charge is 0.322 e. The van der Waals surface area contributed by atoms with Crippen LogP contribution in [-0.2, 0) is 4.74 Å². The number of nitrogens with zero attached hydrogens (tertiary/aromatic N) is 1. The van der Waals surface area contributed by atoms with Gasteiger partial charge in [-0.3, -0.25) is 0 Å². The second kappa shape index (κ2) is 6.39. The van der Waals surface area contributed by atoms with Gasteiger partial charge in [0, 0.05) is 6.54 Å². The van der Waals surface area contributed by atoms with E-state index >= 15 is 0 Å². The lowest BCUT2D eigenvalue weighted by molar-refractivity contribution is -0.00485. The summed E-state index contributed by atoms with van der Waals surface area (Å²) in [6.07, 6.45) is 0. The Labute approximate surface area is 121 Å². The number of anilines is 1. The molecular weight excluding hydrogens is 287 g/mol. The molecule has 1 fully saturated rings. The van der Waals surface area contributed by atoms with Gasteiger partial charge in [0.15, 0.2) is 0 Å². The number of nitrogens with one attached hydrogen (secondary N) is 1. The van der Waals surface area contributed by atoms with Crippen LogP contribution in [0.1, 0.15) is 5.56 Å². The minimum atomic E-state index is -0.424. The number of benzene rings is 1. The van der Waals surface area contributed by atoms with Gasteiger partial charge in [-0.05, 0) is 24.6 Å². The molecule has 0 aromatic heterocycles. The van der Waals surface area contributed by atoms with Crippen LogP contribution in [0.15, 0.2) is 12.1 Å². The molecule has 0 aliphatic carbocycles. The first-order chi connectivity index (χ1) is 9.52. The molecule has 1 aliphatic rings. The van der Waals surface area contributed by atoms with Crippen LogP contribution in [0.2, 0.25) is 5.02 Å². The third-order valence-electron chi connectivity index (χ3n) is 3.19. The maximum Gasteiger partial charge on any atom is 0.322 e. The standard InChI is InChI=1S/C13H16ClFN2O3/c1-8-4-12(10(14)5-11(8)15)16-13(19)17-2-3-20-7-9(17)6-18/h4-5,9,18H,2-3,6-7H2,1H3,(H,16,19)/t9-/m0/s1. The minimum Gasteiger partial charge on any atom is -0.394 e. The highest BCUT2D eigenvalue weighted by molar-refractivity contribution is 6.33. The molecule has 1 aromatic rings. The van der Waals surface area contributed by atoms with Gasteiger partial charge in [0.05, 0.1) is 36.6 Å². The highest BCUT2D eigenvalue weighted by Gasteiger charge is 2.27. The Balaban J connectivity index is 2.13. The number of carbonyl (C=O) groups is 1. The second-order valence-electron chi connectivity index (χ2n) is 4.62. The average Bonchev–Trinajstić information content (AvgIpc) is 2.44. The van der Waals surface area contributed by atoms with E-state index in [1.165, 1.54) is 11.0 Å². The van der Waals surface area contributed by atoms with Crippen molar-refractivity contribution in [2.45, 2.75) is 13.0 Å². The molecule has 110 valence electrons. The van der Waals surface area contributed by atoms with Crippen molar-refractivity contribution in [3.05, 3.63) is 28.5 Å². The molecule has 0 unspecified atom stereocenters. The molecule has 2 N–H and O–H groups in total. The van der Waals surface area contributed by atoms with Crippen molar-refractivity contribution >= 4 is 23.3 Å². The van der Waals surface area contributed by atoms with E-state index in [1.807, 2.05) is 0 Å². The SMILES string of the molecule is Cc1cc(NC(=O)N2CCOC[C@@H]2CO)c(Cl)cc1F. The summed E-state index contributed by atoms with van der Waals surface area (Å²) in [5.41, 5.74) is 0.740. The van der Waals surface area contributed by atoms with Gasteiger partial charge in [-0.25, -0.2) is 9.18 Å². The number of aryl methyl sites for hydroxylation is 1. The number of hydrogen-bond donors (Lipinski definition) is 2. The zero-order valence-electron chi connectivity index (χ0n) is 11.0. The van der Waals surface area contributed by atoms with Crippen LogP contribution in [0.5, 0.6) is 0 Å². The number of carbonyl (C=O) groups excluding carboxylic acids is 1. The van der Waals surface area contributed by atoms with Gasteiger partial charge in [-0.2, -0.15) is 0 Å². The van der Waals surface area contributed by atoms with Crippen molar-refractivity contribution in [2.24, 2.45) is 0 Å². The molecule has 0 radical (unpaired) electrons. The molecule has 2 rings (SSSR count). The predicted molar refractivity (Wildman–Crippen MR) is 73.6 cm³/mol. The van der Waals surface area contributed by atoms with E-state index in [2.05, 4.69) is 5.32 Å². The Morgan fingerprint density at radius 1 is 1.65 bits per heavy atom. The van der Waals surface area contributed by atoms with Crippen LogP contribution in [0.3, 0.4) is 0 Å². The van der Waals surface area contributed by atoms with Crippen molar-refractivity contribution in [3.63, 3.8) is 0 Å². The summed E-state index contributed by atoms with van der Waals surface area (Å²) in [4.78, 5) is 13.7. The van der Waals surface area contributed by atoms with Crippen molar-refractivity contribution < 1.29 is 19.0 Å². The van der Waals surface area contributed by atoms with E-state index in [4.69, 9.17) is 16.3 Å². The zero-order chi connectivity index (χ0) is 14.7. The van der Waals surface area contributed by atoms with Crippen molar-refractivity contribution in [3.8, 4) is 0 Å². The van der Waals surface area contributed by atoms with Crippen LogP contribution in [0.25, 0.3) is 0 Å². The van der Waals surface area contributed by atoms with E-state index in [0.29, 0.717) is 31.0 Å². The molecule has 1 aromatic carbocycles. The third-order valence-corrected chi connectivity index (χ3v) is 3.50. The number of rotatable bonds is 2. The number of halogens is 2. The average molecular weight is 303 g/mol. The minimum absolute atomic E-state index is 0.134. The van der Waals surface area contributed by atoms with Crippen LogP contribution in [-0.4, -0.2) is 48.4 Å². The zero-order valence-corrected chi connectivity index (χ0v) is 11.8. The Kier molecular flexibility index (Phi) is 4.80. The molecule has 2 amide bonds. The highest BCUT2D eigenvalue weighted by Crippen LogP contribution is 2.25. The van der Waals surface area contributed by atoms with E-state index in [1.54, 1.807) is 6.92 Å². The molecule has 1 saturated heterocycles. The first-order valence-electron chi connectivity index (χ1n) is 6.24. The predicted octanol–water partition coefficient (Wildman–Crippen LogP) is 2.01. The fourth-order valence-electron chi connectivity index (χ4n) is 2.01. The van der Waals surface area contributed by atoms with Crippen molar-refractivity contribution in [1.29, 1.82) is 0 Å². The van der Waals surface area contributed by atoms with Gasteiger partial charge in [-0.15, -0.1) is 0 Å². The number of urea groups is 1. The van der Waals surface area contributed by atoms with Gasteiger partial charge in [0.1, 0.15) is 5.82 Å². The van der Waals surface area contributed by atoms with Crippen LogP contribution in [0, 0.1) is 12.7 Å². The summed E-state index contributed by atoms with van der Waals surface area (Å²) >= 11 is 5.91. The quantitative estimate of drug-likeness (QED) is 0.878. The topological polar surface area (TPSA) is 61.8 Å². The number of morpholine rings is 1. The van der Waals surface area contributed by atoms with Gasteiger partial charge in [0.25, 0.3) is 0 Å². The van der Waals surface area contributed by atoms with Gasteiger partial charge in [0.2, 0.25) is 0 Å². The molecule has 7 heteroatoms. The monoisotopic (exact) mass is 302 g/mol. The van der Waals surface area contributed by atoms with Crippen molar-refractivity contribution in [2.75, 3.05) is 31.7 Å². The molecular formula is C13H16ClFN2O3. The van der Waals surface area contributed by atoms with Crippen LogP contribution in [0.4, 0.5) is 14.9 Å². The normalized spacial score (nSPS) is 19.0. The van der Waals surface area contributed by atoms with Gasteiger partial charge >= 0.3 is 6.03 Å². The fraction of sp³-hybridized carbons (Fsp3) is 0.462. The van der Waals surface area contributed by atoms with Gasteiger partial charge < -0.3 is 20.1 Å². The van der Waals surface area contributed by atoms with E-state index < -0.39 is 5.82 Å². The lowest BCUT2D eigenvalue weighted by atomic mass is 10.2. The molecule has 5 nitrogen and oxygen atoms in total. The van der Waals surface area contributed by atoms with Gasteiger partial charge in [-0.1, -0.05) is 11.6 Å². The molecule has 1 aliphatic heterocycles. The Bertz CT molecular complexity index is 513. The first kappa shape index (κ1) is 15.0. The second-order valence-corrected chi connectivity index (χ2v) is 5.02. The summed E-state index contributed by atoms with van der Waals surface area (Å²) in [5, 5.41) is 12.0. The first-order valence-corrected chi connectivity index (χ1v) is 6.62. The number of amides is 2.